The van der Waals surface area contributed by atoms with Crippen molar-refractivity contribution in [2.24, 2.45) is 5.73 Å². The van der Waals surface area contributed by atoms with E-state index < -0.39 is 11.8 Å². The Morgan fingerprint density at radius 2 is 2.03 bits per heavy atom. The van der Waals surface area contributed by atoms with Gasteiger partial charge in [-0.15, -0.1) is 10.2 Å². The van der Waals surface area contributed by atoms with E-state index in [0.29, 0.717) is 24.5 Å². The molecule has 0 aromatic carbocycles. The van der Waals surface area contributed by atoms with Gasteiger partial charge in [0.1, 0.15) is 12.4 Å². The average molecular weight is 443 g/mol. The summed E-state index contributed by atoms with van der Waals surface area (Å²) in [5.41, 5.74) is 6.81. The third-order valence-electron chi connectivity index (χ3n) is 5.18. The first-order valence-corrected chi connectivity index (χ1v) is 10.2. The molecule has 32 heavy (non-hydrogen) atoms. The highest BCUT2D eigenvalue weighted by atomic mass is 19.3. The van der Waals surface area contributed by atoms with Crippen LogP contribution in [0.5, 0.6) is 5.88 Å². The van der Waals surface area contributed by atoms with Crippen LogP contribution in [0.4, 0.5) is 14.6 Å². The lowest BCUT2D eigenvalue weighted by Crippen LogP contribution is -2.32. The molecule has 1 aliphatic rings. The normalized spacial score (nSPS) is 16.0. The Bertz CT molecular complexity index is 1090. The Morgan fingerprint density at radius 1 is 1.25 bits per heavy atom. The molecule has 4 rings (SSSR count). The smallest absolute Gasteiger partial charge is 0.269 e. The van der Waals surface area contributed by atoms with Gasteiger partial charge in [-0.3, -0.25) is 4.79 Å². The quantitative estimate of drug-likeness (QED) is 0.576. The summed E-state index contributed by atoms with van der Waals surface area (Å²) in [6.45, 7) is 2.02. The fourth-order valence-corrected chi connectivity index (χ4v) is 3.47. The first kappa shape index (κ1) is 21.6. The van der Waals surface area contributed by atoms with Gasteiger partial charge in [0.15, 0.2) is 11.5 Å². The number of carbonyl (C=O) groups is 1. The Balaban J connectivity index is 1.52. The maximum Gasteiger partial charge on any atom is 0.269 e. The number of carbonyl (C=O) groups excluding carboxylic acids is 1. The van der Waals surface area contributed by atoms with Crippen LogP contribution in [0.2, 0.25) is 0 Å². The van der Waals surface area contributed by atoms with Crippen LogP contribution in [0.3, 0.4) is 0 Å². The van der Waals surface area contributed by atoms with Gasteiger partial charge in [0.05, 0.1) is 5.69 Å². The largest absolute Gasteiger partial charge is 0.472 e. The predicted molar refractivity (Wildman–Crippen MR) is 112 cm³/mol. The van der Waals surface area contributed by atoms with Crippen LogP contribution in [-0.4, -0.2) is 42.8 Å². The molecule has 0 aliphatic heterocycles. The first-order valence-electron chi connectivity index (χ1n) is 10.2. The van der Waals surface area contributed by atoms with Gasteiger partial charge in [-0.25, -0.2) is 18.4 Å². The van der Waals surface area contributed by atoms with Gasteiger partial charge in [-0.2, -0.15) is 5.10 Å². The van der Waals surface area contributed by atoms with Crippen molar-refractivity contribution in [1.29, 1.82) is 0 Å². The van der Waals surface area contributed by atoms with Gasteiger partial charge in [-0.05, 0) is 49.6 Å². The molecule has 0 saturated heterocycles. The maximum atomic E-state index is 13.5. The van der Waals surface area contributed by atoms with Crippen molar-refractivity contribution in [2.45, 2.75) is 51.2 Å². The van der Waals surface area contributed by atoms with Crippen molar-refractivity contribution in [3.05, 3.63) is 53.5 Å². The van der Waals surface area contributed by atoms with E-state index >= 15 is 0 Å². The van der Waals surface area contributed by atoms with Crippen molar-refractivity contribution >= 4 is 11.7 Å². The number of hydrogen-bond acceptors (Lipinski definition) is 7. The van der Waals surface area contributed by atoms with Crippen molar-refractivity contribution in [1.82, 2.24) is 25.0 Å². The monoisotopic (exact) mass is 443 g/mol. The molecule has 168 valence electrons. The number of primary amides is 1. The molecule has 3 heterocycles. The highest BCUT2D eigenvalue weighted by Gasteiger charge is 2.35. The van der Waals surface area contributed by atoms with Crippen molar-refractivity contribution in [3.63, 3.8) is 0 Å². The molecule has 1 aliphatic carbocycles. The van der Waals surface area contributed by atoms with Crippen LogP contribution < -0.4 is 15.8 Å². The van der Waals surface area contributed by atoms with Crippen LogP contribution in [0, 0.1) is 6.92 Å². The molecular formula is C21H23F2N7O2. The summed E-state index contributed by atoms with van der Waals surface area (Å²) in [5, 5.41) is 15.2. The Labute approximate surface area is 183 Å². The molecule has 3 aromatic heterocycles. The van der Waals surface area contributed by atoms with E-state index in [1.165, 1.54) is 12.1 Å². The zero-order chi connectivity index (χ0) is 22.7. The Hall–Kier alpha value is -3.63. The lowest BCUT2D eigenvalue weighted by Gasteiger charge is -2.29. The minimum absolute atomic E-state index is 0.0437. The number of amides is 1. The molecule has 1 saturated carbocycles. The van der Waals surface area contributed by atoms with Crippen LogP contribution >= 0.6 is 0 Å². The van der Waals surface area contributed by atoms with Crippen LogP contribution in [0.1, 0.15) is 47.4 Å². The number of rotatable bonds is 7. The van der Waals surface area contributed by atoms with Gasteiger partial charge < -0.3 is 15.8 Å². The standard InChI is InChI=1S/C21H23F2N7O2/c1-13-6-9-30(29-13)18-11-14(12-32-19-3-2-16(20(24)31)27-28-19)10-17(26-18)25-15-4-7-21(22,23)8-5-15/h2-3,6,9-11,15H,4-5,7-8,12H2,1H3,(H2,24,31)(H,25,26). The summed E-state index contributed by atoms with van der Waals surface area (Å²) in [5.74, 6) is -1.91. The molecule has 0 radical (unpaired) electrons. The third-order valence-corrected chi connectivity index (χ3v) is 5.18. The minimum atomic E-state index is -2.59. The highest BCUT2D eigenvalue weighted by molar-refractivity contribution is 5.90. The minimum Gasteiger partial charge on any atom is -0.472 e. The molecule has 9 nitrogen and oxygen atoms in total. The summed E-state index contributed by atoms with van der Waals surface area (Å²) >= 11 is 0. The molecule has 1 fully saturated rings. The van der Waals surface area contributed by atoms with E-state index in [1.807, 2.05) is 19.1 Å². The highest BCUT2D eigenvalue weighted by Crippen LogP contribution is 2.34. The third kappa shape index (κ3) is 5.34. The van der Waals surface area contributed by atoms with Crippen LogP contribution in [-0.2, 0) is 6.61 Å². The lowest BCUT2D eigenvalue weighted by atomic mass is 9.92. The first-order chi connectivity index (χ1) is 15.3. The number of halogens is 2. The maximum absolute atomic E-state index is 13.5. The average Bonchev–Trinajstić information content (AvgIpc) is 3.20. The zero-order valence-electron chi connectivity index (χ0n) is 17.5. The number of nitrogens with one attached hydrogen (secondary N) is 1. The molecule has 0 bridgehead atoms. The summed E-state index contributed by atoms with van der Waals surface area (Å²) in [6, 6.07) is 8.33. The van der Waals surface area contributed by atoms with Crippen LogP contribution in [0.25, 0.3) is 5.82 Å². The van der Waals surface area contributed by atoms with Gasteiger partial charge in [0, 0.05) is 31.1 Å². The number of aryl methyl sites for hydroxylation is 1. The molecule has 1 amide bonds. The topological polar surface area (TPSA) is 121 Å². The van der Waals surface area contributed by atoms with Gasteiger partial charge >= 0.3 is 0 Å². The van der Waals surface area contributed by atoms with E-state index in [4.69, 9.17) is 10.5 Å². The van der Waals surface area contributed by atoms with Gasteiger partial charge in [0.25, 0.3) is 5.91 Å². The molecule has 3 aromatic rings. The molecule has 0 unspecified atom stereocenters. The summed E-state index contributed by atoms with van der Waals surface area (Å²) in [6.07, 6.45) is 2.25. The number of aromatic nitrogens is 5. The Morgan fingerprint density at radius 3 is 2.66 bits per heavy atom. The van der Waals surface area contributed by atoms with E-state index in [-0.39, 0.29) is 37.1 Å². The second-order valence-corrected chi connectivity index (χ2v) is 7.80. The van der Waals surface area contributed by atoms with Crippen molar-refractivity contribution in [2.75, 3.05) is 5.32 Å². The number of nitrogens with zero attached hydrogens (tertiary/aromatic N) is 5. The van der Waals surface area contributed by atoms with Gasteiger partial charge in [0.2, 0.25) is 11.8 Å². The van der Waals surface area contributed by atoms with E-state index in [1.54, 1.807) is 16.9 Å². The fourth-order valence-electron chi connectivity index (χ4n) is 3.47. The van der Waals surface area contributed by atoms with E-state index in [9.17, 15) is 13.6 Å². The molecule has 3 N–H and O–H groups in total. The molecule has 0 spiro atoms. The van der Waals surface area contributed by atoms with Crippen molar-refractivity contribution in [3.8, 4) is 11.7 Å². The number of alkyl halides is 2. The molecule has 0 atom stereocenters. The predicted octanol–water partition coefficient (Wildman–Crippen LogP) is 3.03. The summed E-state index contributed by atoms with van der Waals surface area (Å²) in [4.78, 5) is 15.7. The van der Waals surface area contributed by atoms with Gasteiger partial charge in [-0.1, -0.05) is 0 Å². The second kappa shape index (κ2) is 8.85. The number of nitrogens with two attached hydrogens (primary N) is 1. The number of anilines is 1. The summed E-state index contributed by atoms with van der Waals surface area (Å²) < 4.78 is 34.3. The number of hydrogen-bond donors (Lipinski definition) is 2. The Kier molecular flexibility index (Phi) is 5.97. The van der Waals surface area contributed by atoms with E-state index in [0.717, 1.165) is 11.3 Å². The number of ether oxygens (including phenoxy) is 1. The summed E-state index contributed by atoms with van der Waals surface area (Å²) in [7, 11) is 0. The fraction of sp³-hybridized carbons (Fsp3) is 0.381. The second-order valence-electron chi connectivity index (χ2n) is 7.80. The zero-order valence-corrected chi connectivity index (χ0v) is 17.5. The molecular weight excluding hydrogens is 420 g/mol. The lowest BCUT2D eigenvalue weighted by molar-refractivity contribution is -0.0361. The van der Waals surface area contributed by atoms with E-state index in [2.05, 4.69) is 25.6 Å². The molecule has 11 heteroatoms. The van der Waals surface area contributed by atoms with Crippen LogP contribution in [0.15, 0.2) is 36.5 Å². The SMILES string of the molecule is Cc1ccn(-c2cc(COc3ccc(C(N)=O)nn3)cc(NC3CCC(F)(F)CC3)n2)n1. The van der Waals surface area contributed by atoms with Crippen molar-refractivity contribution < 1.29 is 18.3 Å². The number of pyridine rings is 1.